The van der Waals surface area contributed by atoms with Crippen LogP contribution in [-0.2, 0) is 4.79 Å². The second-order valence-corrected chi connectivity index (χ2v) is 6.87. The van der Waals surface area contributed by atoms with E-state index in [1.807, 2.05) is 37.3 Å². The molecule has 3 rings (SSSR count). The molecule has 1 saturated heterocycles. The highest BCUT2D eigenvalue weighted by Gasteiger charge is 2.12. The van der Waals surface area contributed by atoms with Gasteiger partial charge in [0.1, 0.15) is 5.75 Å². The Balaban J connectivity index is 1.52. The van der Waals surface area contributed by atoms with E-state index in [0.29, 0.717) is 5.75 Å². The van der Waals surface area contributed by atoms with Gasteiger partial charge in [0.2, 0.25) is 0 Å². The highest BCUT2D eigenvalue weighted by molar-refractivity contribution is 9.10. The fourth-order valence-corrected chi connectivity index (χ4v) is 3.40. The minimum Gasteiger partial charge on any atom is -0.483 e. The third-order valence-corrected chi connectivity index (χ3v) is 4.69. The lowest BCUT2D eigenvalue weighted by atomic mass is 10.2. The number of ether oxygens (including phenoxy) is 1. The third-order valence-electron chi connectivity index (χ3n) is 4.07. The van der Waals surface area contributed by atoms with Crippen LogP contribution in [0, 0.1) is 6.92 Å². The Bertz CT molecular complexity index is 710. The van der Waals surface area contributed by atoms with Crippen molar-refractivity contribution in [3.63, 3.8) is 0 Å². The minimum absolute atomic E-state index is 0.0183. The average molecular weight is 389 g/mol. The van der Waals surface area contributed by atoms with E-state index in [1.54, 1.807) is 0 Å². The molecule has 0 bridgehead atoms. The molecule has 0 aromatic heterocycles. The van der Waals surface area contributed by atoms with Crippen molar-refractivity contribution in [3.8, 4) is 5.75 Å². The van der Waals surface area contributed by atoms with E-state index >= 15 is 0 Å². The molecule has 1 aliphatic rings. The molecule has 1 fully saturated rings. The van der Waals surface area contributed by atoms with Gasteiger partial charge >= 0.3 is 0 Å². The molecule has 24 heavy (non-hydrogen) atoms. The van der Waals surface area contributed by atoms with Gasteiger partial charge < -0.3 is 15.0 Å². The maximum Gasteiger partial charge on any atom is 0.262 e. The van der Waals surface area contributed by atoms with E-state index in [-0.39, 0.29) is 12.5 Å². The molecule has 2 aromatic rings. The number of carbonyl (C=O) groups is 1. The molecule has 126 valence electrons. The molecule has 1 N–H and O–H groups in total. The number of aryl methyl sites for hydroxylation is 1. The van der Waals surface area contributed by atoms with Gasteiger partial charge in [0, 0.05) is 24.5 Å². The Labute approximate surface area is 150 Å². The number of benzene rings is 2. The zero-order valence-electron chi connectivity index (χ0n) is 13.7. The highest BCUT2D eigenvalue weighted by atomic mass is 79.9. The molecule has 2 aromatic carbocycles. The molecule has 0 aliphatic carbocycles. The van der Waals surface area contributed by atoms with Gasteiger partial charge in [0.15, 0.2) is 6.61 Å². The molecule has 4 nitrogen and oxygen atoms in total. The number of carbonyl (C=O) groups excluding carboxylic acids is 1. The first-order valence-electron chi connectivity index (χ1n) is 8.15. The van der Waals surface area contributed by atoms with E-state index in [9.17, 15) is 4.79 Å². The van der Waals surface area contributed by atoms with Crippen LogP contribution in [0.5, 0.6) is 5.75 Å². The number of anilines is 2. The second kappa shape index (κ2) is 7.71. The standard InChI is InChI=1S/C19H21BrN2O2/c1-14-4-9-18(17(20)12-14)24-13-19(23)21-15-5-7-16(8-6-15)22-10-2-3-11-22/h4-9,12H,2-3,10-11,13H2,1H3,(H,21,23). The third kappa shape index (κ3) is 4.29. The van der Waals surface area contributed by atoms with Crippen molar-refractivity contribution in [3.05, 3.63) is 52.5 Å². The van der Waals surface area contributed by atoms with Crippen LogP contribution in [-0.4, -0.2) is 25.6 Å². The quantitative estimate of drug-likeness (QED) is 0.826. The normalized spacial score (nSPS) is 13.8. The van der Waals surface area contributed by atoms with E-state index < -0.39 is 0 Å². The van der Waals surface area contributed by atoms with Crippen molar-refractivity contribution in [2.45, 2.75) is 19.8 Å². The SMILES string of the molecule is Cc1ccc(OCC(=O)Nc2ccc(N3CCCC3)cc2)c(Br)c1. The Morgan fingerprint density at radius 1 is 1.17 bits per heavy atom. The summed E-state index contributed by atoms with van der Waals surface area (Å²) < 4.78 is 6.42. The van der Waals surface area contributed by atoms with Gasteiger partial charge in [-0.05, 0) is 77.7 Å². The maximum atomic E-state index is 12.0. The van der Waals surface area contributed by atoms with Crippen molar-refractivity contribution in [2.24, 2.45) is 0 Å². The largest absolute Gasteiger partial charge is 0.483 e. The summed E-state index contributed by atoms with van der Waals surface area (Å²) in [6.45, 7) is 4.22. The van der Waals surface area contributed by atoms with Crippen molar-refractivity contribution in [1.82, 2.24) is 0 Å². The number of halogens is 1. The van der Waals surface area contributed by atoms with Gasteiger partial charge in [0.25, 0.3) is 5.91 Å². The molecule has 1 heterocycles. The zero-order chi connectivity index (χ0) is 16.9. The summed E-state index contributed by atoms with van der Waals surface area (Å²) >= 11 is 3.44. The van der Waals surface area contributed by atoms with Crippen LogP contribution >= 0.6 is 15.9 Å². The first-order valence-corrected chi connectivity index (χ1v) is 8.95. The molecule has 1 amide bonds. The van der Waals surface area contributed by atoms with Gasteiger partial charge in [-0.2, -0.15) is 0 Å². The van der Waals surface area contributed by atoms with Crippen molar-refractivity contribution in [2.75, 3.05) is 29.9 Å². The van der Waals surface area contributed by atoms with Crippen LogP contribution in [0.1, 0.15) is 18.4 Å². The summed E-state index contributed by atoms with van der Waals surface area (Å²) in [5.41, 5.74) is 3.14. The number of nitrogens with zero attached hydrogens (tertiary/aromatic N) is 1. The number of rotatable bonds is 5. The number of hydrogen-bond donors (Lipinski definition) is 1. The topological polar surface area (TPSA) is 41.6 Å². The summed E-state index contributed by atoms with van der Waals surface area (Å²) in [4.78, 5) is 14.4. The lowest BCUT2D eigenvalue weighted by Crippen LogP contribution is -2.20. The smallest absolute Gasteiger partial charge is 0.262 e. The predicted molar refractivity (Wildman–Crippen MR) is 101 cm³/mol. The molecule has 5 heteroatoms. The molecule has 0 saturated carbocycles. The fraction of sp³-hybridized carbons (Fsp3) is 0.316. The fourth-order valence-electron chi connectivity index (χ4n) is 2.79. The van der Waals surface area contributed by atoms with Crippen LogP contribution in [0.15, 0.2) is 46.9 Å². The van der Waals surface area contributed by atoms with Crippen LogP contribution < -0.4 is 15.0 Å². The molecule has 1 aliphatic heterocycles. The summed E-state index contributed by atoms with van der Waals surface area (Å²) in [6.07, 6.45) is 2.51. The van der Waals surface area contributed by atoms with Gasteiger partial charge in [-0.25, -0.2) is 0 Å². The van der Waals surface area contributed by atoms with Crippen molar-refractivity contribution in [1.29, 1.82) is 0 Å². The Morgan fingerprint density at radius 2 is 1.88 bits per heavy atom. The van der Waals surface area contributed by atoms with Crippen LogP contribution in [0.4, 0.5) is 11.4 Å². The molecule has 0 atom stereocenters. The lowest BCUT2D eigenvalue weighted by molar-refractivity contribution is -0.118. The van der Waals surface area contributed by atoms with Crippen LogP contribution in [0.2, 0.25) is 0 Å². The molecular weight excluding hydrogens is 368 g/mol. The Hall–Kier alpha value is -2.01. The first kappa shape index (κ1) is 16.8. The number of hydrogen-bond acceptors (Lipinski definition) is 3. The zero-order valence-corrected chi connectivity index (χ0v) is 15.3. The highest BCUT2D eigenvalue weighted by Crippen LogP contribution is 2.26. The summed E-state index contributed by atoms with van der Waals surface area (Å²) in [5, 5.41) is 2.86. The first-order chi connectivity index (χ1) is 11.6. The second-order valence-electron chi connectivity index (χ2n) is 6.01. The van der Waals surface area contributed by atoms with Gasteiger partial charge in [0.05, 0.1) is 4.47 Å². The minimum atomic E-state index is -0.170. The van der Waals surface area contributed by atoms with E-state index in [0.717, 1.165) is 28.8 Å². The number of nitrogens with one attached hydrogen (secondary N) is 1. The average Bonchev–Trinajstić information content (AvgIpc) is 3.09. The predicted octanol–water partition coefficient (Wildman–Crippen LogP) is 4.38. The maximum absolute atomic E-state index is 12.0. The molecular formula is C19H21BrN2O2. The monoisotopic (exact) mass is 388 g/mol. The summed E-state index contributed by atoms with van der Waals surface area (Å²) in [6, 6.07) is 13.8. The van der Waals surface area contributed by atoms with Gasteiger partial charge in [-0.15, -0.1) is 0 Å². The van der Waals surface area contributed by atoms with Crippen LogP contribution in [0.25, 0.3) is 0 Å². The van der Waals surface area contributed by atoms with Gasteiger partial charge in [-0.3, -0.25) is 4.79 Å². The molecule has 0 unspecified atom stereocenters. The van der Waals surface area contributed by atoms with Crippen molar-refractivity contribution >= 4 is 33.2 Å². The Morgan fingerprint density at radius 3 is 2.54 bits per heavy atom. The summed E-state index contributed by atoms with van der Waals surface area (Å²) in [7, 11) is 0. The van der Waals surface area contributed by atoms with Crippen LogP contribution in [0.3, 0.4) is 0 Å². The molecule has 0 spiro atoms. The van der Waals surface area contributed by atoms with Crippen molar-refractivity contribution < 1.29 is 9.53 Å². The summed E-state index contributed by atoms with van der Waals surface area (Å²) in [5.74, 6) is 0.497. The number of amides is 1. The lowest BCUT2D eigenvalue weighted by Gasteiger charge is -2.17. The Kier molecular flexibility index (Phi) is 5.41. The van der Waals surface area contributed by atoms with E-state index in [2.05, 4.69) is 38.3 Å². The van der Waals surface area contributed by atoms with E-state index in [4.69, 9.17) is 4.74 Å². The van der Waals surface area contributed by atoms with E-state index in [1.165, 1.54) is 18.5 Å². The molecule has 0 radical (unpaired) electrons. The van der Waals surface area contributed by atoms with Gasteiger partial charge in [-0.1, -0.05) is 6.07 Å².